The Morgan fingerprint density at radius 3 is 2.17 bits per heavy atom. The Bertz CT molecular complexity index is 972. The van der Waals surface area contributed by atoms with Crippen molar-refractivity contribution in [3.05, 3.63) is 84.4 Å². The third kappa shape index (κ3) is 6.49. The van der Waals surface area contributed by atoms with Crippen molar-refractivity contribution in [1.82, 2.24) is 0 Å². The second-order valence-corrected chi connectivity index (χ2v) is 6.43. The molecule has 7 heteroatoms. The van der Waals surface area contributed by atoms with E-state index in [9.17, 15) is 4.79 Å². The predicted octanol–water partition coefficient (Wildman–Crippen LogP) is 5.05. The highest BCUT2D eigenvalue weighted by atomic mass is 127. The van der Waals surface area contributed by atoms with E-state index in [1.165, 1.54) is 0 Å². The molecule has 3 rings (SSSR count). The summed E-state index contributed by atoms with van der Waals surface area (Å²) in [4.78, 5) is 18.7. The number of aliphatic imine (C=N–C) groups is 1. The van der Waals surface area contributed by atoms with Crippen molar-refractivity contribution in [2.45, 2.75) is 0 Å². The molecular weight excluding hydrogens is 477 g/mol. The topological polar surface area (TPSA) is 82.8 Å². The van der Waals surface area contributed by atoms with Crippen molar-refractivity contribution in [3.8, 4) is 0 Å². The number of hydrogen-bond donors (Lipinski definition) is 3. The van der Waals surface area contributed by atoms with E-state index in [1.807, 2.05) is 85.7 Å². The molecule has 0 heterocycles. The predicted molar refractivity (Wildman–Crippen MR) is 132 cm³/mol. The Balaban J connectivity index is 0.00000300. The normalized spacial score (nSPS) is 10.6. The van der Waals surface area contributed by atoms with Gasteiger partial charge in [-0.1, -0.05) is 30.3 Å². The lowest BCUT2D eigenvalue weighted by Gasteiger charge is -2.13. The first kappa shape index (κ1) is 22.2. The molecule has 2 amide bonds. The fourth-order valence-corrected chi connectivity index (χ4v) is 2.60. The van der Waals surface area contributed by atoms with Gasteiger partial charge in [-0.25, -0.2) is 9.79 Å². The Morgan fingerprint density at radius 2 is 1.52 bits per heavy atom. The van der Waals surface area contributed by atoms with Crippen molar-refractivity contribution in [3.63, 3.8) is 0 Å². The first-order chi connectivity index (χ1) is 13.5. The molecule has 4 N–H and O–H groups in total. The monoisotopic (exact) mass is 501 g/mol. The number of rotatable bonds is 5. The summed E-state index contributed by atoms with van der Waals surface area (Å²) in [6, 6.07) is 24.0. The Hall–Kier alpha value is -3.07. The summed E-state index contributed by atoms with van der Waals surface area (Å²) < 4.78 is 0. The molecule has 0 saturated heterocycles. The van der Waals surface area contributed by atoms with Gasteiger partial charge in [0.1, 0.15) is 5.84 Å². The summed E-state index contributed by atoms with van der Waals surface area (Å²) in [5, 5.41) is 5.63. The quantitative estimate of drug-likeness (QED) is 0.260. The molecule has 0 fully saturated rings. The van der Waals surface area contributed by atoms with Crippen LogP contribution in [0, 0.1) is 0 Å². The highest BCUT2D eigenvalue weighted by molar-refractivity contribution is 14.0. The highest BCUT2D eigenvalue weighted by Gasteiger charge is 2.06. The second kappa shape index (κ2) is 10.5. The minimum absolute atomic E-state index is 0. The van der Waals surface area contributed by atoms with Gasteiger partial charge in [0, 0.05) is 36.7 Å². The third-order valence-electron chi connectivity index (χ3n) is 4.06. The van der Waals surface area contributed by atoms with E-state index in [0.717, 1.165) is 16.9 Å². The summed E-state index contributed by atoms with van der Waals surface area (Å²) in [6.07, 6.45) is 0. The molecular formula is C22H24IN5O. The largest absolute Gasteiger partial charge is 0.383 e. The van der Waals surface area contributed by atoms with E-state index >= 15 is 0 Å². The number of carbonyl (C=O) groups excluding carboxylic acids is 1. The number of nitrogens with one attached hydrogen (secondary N) is 2. The zero-order valence-corrected chi connectivity index (χ0v) is 18.6. The number of amidine groups is 1. The maximum atomic E-state index is 12.3. The molecule has 0 spiro atoms. The van der Waals surface area contributed by atoms with E-state index in [0.29, 0.717) is 17.2 Å². The van der Waals surface area contributed by atoms with Crippen molar-refractivity contribution in [1.29, 1.82) is 0 Å². The van der Waals surface area contributed by atoms with Crippen LogP contribution < -0.4 is 21.3 Å². The van der Waals surface area contributed by atoms with Crippen molar-refractivity contribution in [2.75, 3.05) is 29.6 Å². The van der Waals surface area contributed by atoms with Gasteiger partial charge in [0.05, 0.1) is 5.69 Å². The van der Waals surface area contributed by atoms with E-state index in [2.05, 4.69) is 15.6 Å². The average molecular weight is 501 g/mol. The lowest BCUT2D eigenvalue weighted by molar-refractivity contribution is 0.262. The molecule has 0 unspecified atom stereocenters. The van der Waals surface area contributed by atoms with Crippen LogP contribution in [0.2, 0.25) is 0 Å². The standard InChI is InChI=1S/C22H23N5O.HI/c1-27(2)20-13-11-18(12-14-20)25-22(28)26-19-10-6-7-16(15-19)21(23)24-17-8-4-3-5-9-17;/h3-15H,1-2H3,(H2,23,24)(H2,25,26,28);1H. The molecule has 0 aliphatic rings. The average Bonchev–Trinajstić information content (AvgIpc) is 2.69. The van der Waals surface area contributed by atoms with Crippen LogP contribution >= 0.6 is 24.0 Å². The van der Waals surface area contributed by atoms with Gasteiger partial charge in [-0.15, -0.1) is 24.0 Å². The summed E-state index contributed by atoms with van der Waals surface area (Å²) in [7, 11) is 3.93. The molecule has 0 radical (unpaired) electrons. The van der Waals surface area contributed by atoms with E-state index < -0.39 is 0 Å². The van der Waals surface area contributed by atoms with E-state index in [1.54, 1.807) is 12.1 Å². The first-order valence-corrected chi connectivity index (χ1v) is 8.86. The molecule has 0 aromatic heterocycles. The molecule has 3 aromatic rings. The SMILES string of the molecule is CN(C)c1ccc(NC(=O)Nc2cccc(C(N)=Nc3ccccc3)c2)cc1.I. The van der Waals surface area contributed by atoms with Crippen LogP contribution in [0.25, 0.3) is 0 Å². The van der Waals surface area contributed by atoms with E-state index in [-0.39, 0.29) is 30.0 Å². The Morgan fingerprint density at radius 1 is 0.862 bits per heavy atom. The van der Waals surface area contributed by atoms with Crippen LogP contribution in [0.1, 0.15) is 5.56 Å². The number of benzene rings is 3. The Kier molecular flexibility index (Phi) is 8.02. The molecule has 3 aromatic carbocycles. The number of amides is 2. The van der Waals surface area contributed by atoms with Gasteiger partial charge in [0.15, 0.2) is 0 Å². The van der Waals surface area contributed by atoms with Gasteiger partial charge in [-0.2, -0.15) is 0 Å². The molecule has 150 valence electrons. The number of para-hydroxylation sites is 1. The van der Waals surface area contributed by atoms with Crippen molar-refractivity contribution < 1.29 is 4.79 Å². The van der Waals surface area contributed by atoms with Crippen LogP contribution in [0.5, 0.6) is 0 Å². The Labute approximate surface area is 187 Å². The lowest BCUT2D eigenvalue weighted by Crippen LogP contribution is -2.20. The van der Waals surface area contributed by atoms with Crippen LogP contribution in [0.15, 0.2) is 83.9 Å². The summed E-state index contributed by atoms with van der Waals surface area (Å²) in [6.45, 7) is 0. The number of halogens is 1. The molecule has 29 heavy (non-hydrogen) atoms. The third-order valence-corrected chi connectivity index (χ3v) is 4.06. The fraction of sp³-hybridized carbons (Fsp3) is 0.0909. The van der Waals surface area contributed by atoms with Gasteiger partial charge in [0.2, 0.25) is 0 Å². The number of hydrogen-bond acceptors (Lipinski definition) is 3. The lowest BCUT2D eigenvalue weighted by atomic mass is 10.2. The van der Waals surface area contributed by atoms with E-state index in [4.69, 9.17) is 5.73 Å². The zero-order valence-electron chi connectivity index (χ0n) is 16.3. The summed E-state index contributed by atoms with van der Waals surface area (Å²) in [5.41, 5.74) is 10.0. The molecule has 0 atom stereocenters. The van der Waals surface area contributed by atoms with Gasteiger partial charge < -0.3 is 21.3 Å². The number of urea groups is 1. The van der Waals surface area contributed by atoms with Gasteiger partial charge in [0.25, 0.3) is 0 Å². The minimum atomic E-state index is -0.326. The van der Waals surface area contributed by atoms with Crippen LogP contribution in [0.4, 0.5) is 27.5 Å². The van der Waals surface area contributed by atoms with Crippen molar-refractivity contribution in [2.24, 2.45) is 10.7 Å². The maximum Gasteiger partial charge on any atom is 0.323 e. The fourth-order valence-electron chi connectivity index (χ4n) is 2.60. The molecule has 6 nitrogen and oxygen atoms in total. The molecule has 0 saturated carbocycles. The smallest absolute Gasteiger partial charge is 0.323 e. The number of nitrogens with two attached hydrogens (primary N) is 1. The van der Waals surface area contributed by atoms with Crippen molar-refractivity contribution >= 4 is 58.6 Å². The van der Waals surface area contributed by atoms with Gasteiger partial charge in [-0.3, -0.25) is 0 Å². The minimum Gasteiger partial charge on any atom is -0.383 e. The molecule has 0 aliphatic heterocycles. The second-order valence-electron chi connectivity index (χ2n) is 6.43. The molecule has 0 bridgehead atoms. The number of carbonyl (C=O) groups is 1. The number of nitrogens with zero attached hydrogens (tertiary/aromatic N) is 2. The first-order valence-electron chi connectivity index (χ1n) is 8.86. The summed E-state index contributed by atoms with van der Waals surface area (Å²) >= 11 is 0. The van der Waals surface area contributed by atoms with Crippen LogP contribution in [-0.4, -0.2) is 26.0 Å². The maximum absolute atomic E-state index is 12.3. The number of anilines is 3. The highest BCUT2D eigenvalue weighted by Crippen LogP contribution is 2.17. The van der Waals surface area contributed by atoms with Gasteiger partial charge in [-0.05, 0) is 48.5 Å². The molecule has 0 aliphatic carbocycles. The van der Waals surface area contributed by atoms with Crippen LogP contribution in [-0.2, 0) is 0 Å². The zero-order chi connectivity index (χ0) is 19.9. The van der Waals surface area contributed by atoms with Gasteiger partial charge >= 0.3 is 6.03 Å². The van der Waals surface area contributed by atoms with Crippen LogP contribution in [0.3, 0.4) is 0 Å². The summed E-state index contributed by atoms with van der Waals surface area (Å²) in [5.74, 6) is 0.384.